The SMILES string of the molecule is CC(C)(C)n1ccc(C(=O)NCc2ccccn2)c1. The van der Waals surface area contributed by atoms with Crippen molar-refractivity contribution in [2.24, 2.45) is 0 Å². The number of amides is 1. The normalized spacial score (nSPS) is 11.3. The third-order valence-electron chi connectivity index (χ3n) is 2.89. The van der Waals surface area contributed by atoms with Gasteiger partial charge in [-0.3, -0.25) is 9.78 Å². The molecule has 2 aromatic heterocycles. The molecule has 2 aromatic rings. The van der Waals surface area contributed by atoms with E-state index in [0.29, 0.717) is 12.1 Å². The second-order valence-corrected chi connectivity index (χ2v) is 5.48. The first-order chi connectivity index (χ1) is 8.97. The predicted molar refractivity (Wildman–Crippen MR) is 74.8 cm³/mol. The summed E-state index contributed by atoms with van der Waals surface area (Å²) in [5, 5.41) is 2.87. The van der Waals surface area contributed by atoms with Crippen LogP contribution in [0, 0.1) is 0 Å². The van der Waals surface area contributed by atoms with Gasteiger partial charge in [0, 0.05) is 24.1 Å². The van der Waals surface area contributed by atoms with E-state index in [0.717, 1.165) is 5.69 Å². The fraction of sp³-hybridized carbons (Fsp3) is 0.333. The van der Waals surface area contributed by atoms with Crippen molar-refractivity contribution in [3.8, 4) is 0 Å². The lowest BCUT2D eigenvalue weighted by atomic mass is 10.1. The Labute approximate surface area is 113 Å². The summed E-state index contributed by atoms with van der Waals surface area (Å²) in [6.45, 7) is 6.74. The molecule has 1 amide bonds. The summed E-state index contributed by atoms with van der Waals surface area (Å²) >= 11 is 0. The maximum atomic E-state index is 12.0. The highest BCUT2D eigenvalue weighted by atomic mass is 16.1. The van der Waals surface area contributed by atoms with Crippen LogP contribution in [-0.2, 0) is 12.1 Å². The highest BCUT2D eigenvalue weighted by Crippen LogP contribution is 2.15. The molecule has 2 heterocycles. The molecular formula is C15H19N3O. The highest BCUT2D eigenvalue weighted by molar-refractivity contribution is 5.93. The summed E-state index contributed by atoms with van der Waals surface area (Å²) < 4.78 is 2.03. The van der Waals surface area contributed by atoms with E-state index in [-0.39, 0.29) is 11.4 Å². The third-order valence-corrected chi connectivity index (χ3v) is 2.89. The van der Waals surface area contributed by atoms with Crippen LogP contribution in [0.4, 0.5) is 0 Å². The van der Waals surface area contributed by atoms with Crippen molar-refractivity contribution in [1.29, 1.82) is 0 Å². The van der Waals surface area contributed by atoms with Gasteiger partial charge in [0.2, 0.25) is 0 Å². The predicted octanol–water partition coefficient (Wildman–Crippen LogP) is 2.57. The summed E-state index contributed by atoms with van der Waals surface area (Å²) in [7, 11) is 0. The number of hydrogen-bond donors (Lipinski definition) is 1. The molecule has 0 aliphatic heterocycles. The number of nitrogens with one attached hydrogen (secondary N) is 1. The van der Waals surface area contributed by atoms with E-state index in [4.69, 9.17) is 0 Å². The molecule has 0 fully saturated rings. The summed E-state index contributed by atoms with van der Waals surface area (Å²) in [6.07, 6.45) is 5.51. The number of pyridine rings is 1. The first-order valence-electron chi connectivity index (χ1n) is 6.33. The molecule has 0 saturated carbocycles. The minimum Gasteiger partial charge on any atom is -0.348 e. The molecule has 0 saturated heterocycles. The average Bonchev–Trinajstić information content (AvgIpc) is 2.87. The molecule has 100 valence electrons. The molecule has 0 spiro atoms. The lowest BCUT2D eigenvalue weighted by Gasteiger charge is -2.20. The lowest BCUT2D eigenvalue weighted by molar-refractivity contribution is 0.0950. The summed E-state index contributed by atoms with van der Waals surface area (Å²) in [5.74, 6) is -0.0753. The van der Waals surface area contributed by atoms with Crippen molar-refractivity contribution < 1.29 is 4.79 Å². The van der Waals surface area contributed by atoms with Crippen LogP contribution >= 0.6 is 0 Å². The molecule has 0 aromatic carbocycles. The van der Waals surface area contributed by atoms with E-state index >= 15 is 0 Å². The van der Waals surface area contributed by atoms with Gasteiger partial charge in [-0.25, -0.2) is 0 Å². The Morgan fingerprint density at radius 3 is 2.68 bits per heavy atom. The van der Waals surface area contributed by atoms with Gasteiger partial charge >= 0.3 is 0 Å². The summed E-state index contributed by atoms with van der Waals surface area (Å²) in [4.78, 5) is 16.2. The minimum atomic E-state index is -0.0753. The summed E-state index contributed by atoms with van der Waals surface area (Å²) in [6, 6.07) is 7.49. The fourth-order valence-electron chi connectivity index (χ4n) is 1.72. The number of rotatable bonds is 3. The highest BCUT2D eigenvalue weighted by Gasteiger charge is 2.14. The minimum absolute atomic E-state index is 0.0144. The van der Waals surface area contributed by atoms with Gasteiger partial charge in [0.05, 0.1) is 17.8 Å². The van der Waals surface area contributed by atoms with E-state index in [2.05, 4.69) is 31.1 Å². The maximum absolute atomic E-state index is 12.0. The van der Waals surface area contributed by atoms with Crippen LogP contribution in [0.25, 0.3) is 0 Å². The second kappa shape index (κ2) is 5.26. The molecular weight excluding hydrogens is 238 g/mol. The quantitative estimate of drug-likeness (QED) is 0.918. The van der Waals surface area contributed by atoms with Crippen molar-refractivity contribution in [1.82, 2.24) is 14.9 Å². The van der Waals surface area contributed by atoms with Crippen molar-refractivity contribution in [3.63, 3.8) is 0 Å². The number of carbonyl (C=O) groups excluding carboxylic acids is 1. The van der Waals surface area contributed by atoms with E-state index < -0.39 is 0 Å². The number of nitrogens with zero attached hydrogens (tertiary/aromatic N) is 2. The fourth-order valence-corrected chi connectivity index (χ4v) is 1.72. The Kier molecular flexibility index (Phi) is 3.69. The van der Waals surface area contributed by atoms with E-state index in [9.17, 15) is 4.79 Å². The first-order valence-corrected chi connectivity index (χ1v) is 6.33. The van der Waals surface area contributed by atoms with Gasteiger partial charge in [-0.15, -0.1) is 0 Å². The molecule has 0 aliphatic rings. The zero-order chi connectivity index (χ0) is 13.9. The molecule has 0 unspecified atom stereocenters. The van der Waals surface area contributed by atoms with E-state index in [1.165, 1.54) is 0 Å². The summed E-state index contributed by atoms with van der Waals surface area (Å²) in [5.41, 5.74) is 1.51. The Morgan fingerprint density at radius 2 is 2.11 bits per heavy atom. The van der Waals surface area contributed by atoms with Gasteiger partial charge in [0.25, 0.3) is 5.91 Å². The molecule has 1 N–H and O–H groups in total. The Bertz CT molecular complexity index is 552. The third kappa shape index (κ3) is 3.44. The largest absolute Gasteiger partial charge is 0.348 e. The average molecular weight is 257 g/mol. The van der Waals surface area contributed by atoms with Gasteiger partial charge in [-0.1, -0.05) is 6.07 Å². The zero-order valence-electron chi connectivity index (χ0n) is 11.6. The van der Waals surface area contributed by atoms with Crippen molar-refractivity contribution in [2.75, 3.05) is 0 Å². The van der Waals surface area contributed by atoms with Crippen molar-refractivity contribution >= 4 is 5.91 Å². The van der Waals surface area contributed by atoms with Gasteiger partial charge in [-0.05, 0) is 39.0 Å². The van der Waals surface area contributed by atoms with Crippen LogP contribution in [0.1, 0.15) is 36.8 Å². The van der Waals surface area contributed by atoms with Gasteiger partial charge in [0.15, 0.2) is 0 Å². The maximum Gasteiger partial charge on any atom is 0.253 e. The Hall–Kier alpha value is -2.10. The van der Waals surface area contributed by atoms with Crippen LogP contribution in [0.15, 0.2) is 42.9 Å². The molecule has 2 rings (SSSR count). The van der Waals surface area contributed by atoms with Crippen LogP contribution in [0.5, 0.6) is 0 Å². The molecule has 19 heavy (non-hydrogen) atoms. The van der Waals surface area contributed by atoms with Crippen LogP contribution in [0.3, 0.4) is 0 Å². The van der Waals surface area contributed by atoms with Crippen LogP contribution in [-0.4, -0.2) is 15.5 Å². The molecule has 4 nitrogen and oxygen atoms in total. The zero-order valence-corrected chi connectivity index (χ0v) is 11.6. The lowest BCUT2D eigenvalue weighted by Crippen LogP contribution is -2.23. The molecule has 0 radical (unpaired) electrons. The van der Waals surface area contributed by atoms with Gasteiger partial charge in [0.1, 0.15) is 0 Å². The monoisotopic (exact) mass is 257 g/mol. The second-order valence-electron chi connectivity index (χ2n) is 5.48. The van der Waals surface area contributed by atoms with E-state index in [1.54, 1.807) is 6.20 Å². The standard InChI is InChI=1S/C15H19N3O/c1-15(2,3)18-9-7-12(11-18)14(19)17-10-13-6-4-5-8-16-13/h4-9,11H,10H2,1-3H3,(H,17,19). The van der Waals surface area contributed by atoms with Crippen LogP contribution in [0.2, 0.25) is 0 Å². The smallest absolute Gasteiger partial charge is 0.253 e. The van der Waals surface area contributed by atoms with Crippen LogP contribution < -0.4 is 5.32 Å². The molecule has 0 aliphatic carbocycles. The molecule has 0 bridgehead atoms. The first kappa shape index (κ1) is 13.3. The Balaban J connectivity index is 1.99. The van der Waals surface area contributed by atoms with E-state index in [1.807, 2.05) is 41.2 Å². The van der Waals surface area contributed by atoms with Gasteiger partial charge < -0.3 is 9.88 Å². The Morgan fingerprint density at radius 1 is 1.32 bits per heavy atom. The van der Waals surface area contributed by atoms with Crippen molar-refractivity contribution in [2.45, 2.75) is 32.9 Å². The topological polar surface area (TPSA) is 46.9 Å². The van der Waals surface area contributed by atoms with Gasteiger partial charge in [-0.2, -0.15) is 0 Å². The number of aromatic nitrogens is 2. The van der Waals surface area contributed by atoms with Crippen molar-refractivity contribution in [3.05, 3.63) is 54.1 Å². The molecule has 4 heteroatoms. The number of hydrogen-bond acceptors (Lipinski definition) is 2. The molecule has 0 atom stereocenters. The number of carbonyl (C=O) groups is 1.